The van der Waals surface area contributed by atoms with E-state index in [0.717, 1.165) is 12.1 Å². The van der Waals surface area contributed by atoms with Gasteiger partial charge in [0.15, 0.2) is 11.5 Å². The van der Waals surface area contributed by atoms with Crippen molar-refractivity contribution < 1.29 is 19.4 Å². The molecule has 3 N–H and O–H groups in total. The molecule has 1 heterocycles. The van der Waals surface area contributed by atoms with Crippen molar-refractivity contribution in [2.24, 2.45) is 11.7 Å². The Balaban J connectivity index is 2.05. The molecule has 1 amide bonds. The maximum atomic E-state index is 11.8. The lowest BCUT2D eigenvalue weighted by molar-refractivity contribution is -0.127. The summed E-state index contributed by atoms with van der Waals surface area (Å²) in [6.45, 7) is 1.90. The van der Waals surface area contributed by atoms with Crippen LogP contribution in [0.2, 0.25) is 0 Å². The number of carbonyl (C=O) groups is 1. The van der Waals surface area contributed by atoms with Crippen molar-refractivity contribution in [2.45, 2.75) is 12.8 Å². The van der Waals surface area contributed by atoms with Crippen molar-refractivity contribution in [3.05, 3.63) is 17.7 Å². The van der Waals surface area contributed by atoms with Gasteiger partial charge in [0, 0.05) is 19.5 Å². The number of methoxy groups -OCH3 is 2. The Kier molecular flexibility index (Phi) is 4.90. The molecular formula is C15H22N2O4. The van der Waals surface area contributed by atoms with Crippen LogP contribution in [0.1, 0.15) is 12.0 Å². The summed E-state index contributed by atoms with van der Waals surface area (Å²) in [5.41, 5.74) is 6.57. The Hall–Kier alpha value is -1.95. The number of phenolic OH excluding ortho intramolecular Hbond substituents is 1. The number of benzene rings is 1. The number of nitrogens with zero attached hydrogens (tertiary/aromatic N) is 1. The number of nitrogens with two attached hydrogens (primary N) is 1. The highest BCUT2D eigenvalue weighted by atomic mass is 16.5. The maximum absolute atomic E-state index is 11.8. The van der Waals surface area contributed by atoms with Crippen molar-refractivity contribution in [3.63, 3.8) is 0 Å². The van der Waals surface area contributed by atoms with Crippen molar-refractivity contribution in [2.75, 3.05) is 33.9 Å². The van der Waals surface area contributed by atoms with Crippen LogP contribution in [-0.2, 0) is 11.2 Å². The van der Waals surface area contributed by atoms with Crippen LogP contribution in [0.15, 0.2) is 12.1 Å². The first-order valence-electron chi connectivity index (χ1n) is 7.00. The molecule has 0 bridgehead atoms. The summed E-state index contributed by atoms with van der Waals surface area (Å²) in [6.07, 6.45) is 1.22. The molecule has 2 rings (SSSR count). The first kappa shape index (κ1) is 15.4. The highest BCUT2D eigenvalue weighted by molar-refractivity contribution is 5.78. The van der Waals surface area contributed by atoms with Gasteiger partial charge in [-0.15, -0.1) is 0 Å². The van der Waals surface area contributed by atoms with Crippen molar-refractivity contribution in [1.82, 2.24) is 4.90 Å². The minimum absolute atomic E-state index is 0.0100. The highest BCUT2D eigenvalue weighted by Crippen LogP contribution is 2.37. The zero-order valence-corrected chi connectivity index (χ0v) is 12.5. The molecule has 6 heteroatoms. The number of aromatic hydroxyl groups is 1. The Bertz CT molecular complexity index is 493. The molecule has 116 valence electrons. The van der Waals surface area contributed by atoms with E-state index in [1.807, 2.05) is 4.90 Å². The van der Waals surface area contributed by atoms with Crippen molar-refractivity contribution in [1.29, 1.82) is 0 Å². The summed E-state index contributed by atoms with van der Waals surface area (Å²) < 4.78 is 10.3. The standard InChI is InChI=1S/C15H22N2O4/c1-20-12-5-10(6-13(21-2)15(12)19)3-4-17-9-11(8-16)7-14(17)18/h5-6,11,19H,3-4,7-9,16H2,1-2H3. The van der Waals surface area contributed by atoms with Crippen LogP contribution in [0.5, 0.6) is 17.2 Å². The number of hydrogen-bond donors (Lipinski definition) is 2. The number of likely N-dealkylation sites (tertiary alicyclic amines) is 1. The second kappa shape index (κ2) is 6.67. The molecular weight excluding hydrogens is 272 g/mol. The third-order valence-corrected chi connectivity index (χ3v) is 3.84. The summed E-state index contributed by atoms with van der Waals surface area (Å²) >= 11 is 0. The van der Waals surface area contributed by atoms with Gasteiger partial charge in [0.25, 0.3) is 0 Å². The van der Waals surface area contributed by atoms with Gasteiger partial charge in [-0.3, -0.25) is 4.79 Å². The predicted molar refractivity (Wildman–Crippen MR) is 78.7 cm³/mol. The molecule has 1 saturated heterocycles. The molecule has 0 aliphatic carbocycles. The van der Waals surface area contributed by atoms with Crippen LogP contribution in [0.25, 0.3) is 0 Å². The lowest BCUT2D eigenvalue weighted by Gasteiger charge is -2.17. The van der Waals surface area contributed by atoms with Crippen LogP contribution in [0.3, 0.4) is 0 Å². The molecule has 1 aliphatic heterocycles. The molecule has 0 radical (unpaired) electrons. The third kappa shape index (κ3) is 3.39. The van der Waals surface area contributed by atoms with E-state index in [0.29, 0.717) is 37.4 Å². The van der Waals surface area contributed by atoms with E-state index in [2.05, 4.69) is 0 Å². The first-order valence-corrected chi connectivity index (χ1v) is 7.00. The number of phenols is 1. The molecule has 1 aromatic carbocycles. The van der Waals surface area contributed by atoms with Gasteiger partial charge in [0.2, 0.25) is 11.7 Å². The van der Waals surface area contributed by atoms with Crippen LogP contribution in [0.4, 0.5) is 0 Å². The van der Waals surface area contributed by atoms with Crippen LogP contribution in [-0.4, -0.2) is 49.8 Å². The van der Waals surface area contributed by atoms with Gasteiger partial charge in [-0.05, 0) is 36.6 Å². The van der Waals surface area contributed by atoms with Gasteiger partial charge >= 0.3 is 0 Å². The zero-order valence-electron chi connectivity index (χ0n) is 12.5. The third-order valence-electron chi connectivity index (χ3n) is 3.84. The number of hydrogen-bond acceptors (Lipinski definition) is 5. The summed E-state index contributed by atoms with van der Waals surface area (Å²) in [6, 6.07) is 3.53. The molecule has 6 nitrogen and oxygen atoms in total. The summed E-state index contributed by atoms with van der Waals surface area (Å²) in [5, 5.41) is 9.87. The van der Waals surface area contributed by atoms with E-state index >= 15 is 0 Å². The van der Waals surface area contributed by atoms with Crippen LogP contribution < -0.4 is 15.2 Å². The second-order valence-corrected chi connectivity index (χ2v) is 5.24. The molecule has 0 spiro atoms. The topological polar surface area (TPSA) is 85.0 Å². The Morgan fingerprint density at radius 1 is 1.33 bits per heavy atom. The Morgan fingerprint density at radius 3 is 2.43 bits per heavy atom. The molecule has 0 saturated carbocycles. The van der Waals surface area contributed by atoms with E-state index in [-0.39, 0.29) is 17.6 Å². The Labute approximate surface area is 124 Å². The van der Waals surface area contributed by atoms with Gasteiger partial charge < -0.3 is 25.2 Å². The van der Waals surface area contributed by atoms with E-state index in [9.17, 15) is 9.90 Å². The SMILES string of the molecule is COc1cc(CCN2CC(CN)CC2=O)cc(OC)c1O. The molecule has 1 aliphatic rings. The summed E-state index contributed by atoms with van der Waals surface area (Å²) in [7, 11) is 2.99. The quantitative estimate of drug-likeness (QED) is 0.809. The van der Waals surface area contributed by atoms with E-state index in [1.165, 1.54) is 14.2 Å². The van der Waals surface area contributed by atoms with Crippen LogP contribution >= 0.6 is 0 Å². The van der Waals surface area contributed by atoms with E-state index in [1.54, 1.807) is 12.1 Å². The normalized spacial score (nSPS) is 18.1. The largest absolute Gasteiger partial charge is 0.502 e. The molecule has 1 aromatic rings. The van der Waals surface area contributed by atoms with Crippen molar-refractivity contribution in [3.8, 4) is 17.2 Å². The predicted octanol–water partition coefficient (Wildman–Crippen LogP) is 0.759. The number of amides is 1. The molecule has 1 fully saturated rings. The zero-order chi connectivity index (χ0) is 15.4. The minimum atomic E-state index is -0.0100. The second-order valence-electron chi connectivity index (χ2n) is 5.24. The monoisotopic (exact) mass is 294 g/mol. The van der Waals surface area contributed by atoms with Crippen molar-refractivity contribution >= 4 is 5.91 Å². The molecule has 1 unspecified atom stereocenters. The maximum Gasteiger partial charge on any atom is 0.222 e. The first-order chi connectivity index (χ1) is 10.1. The Morgan fingerprint density at radius 2 is 1.95 bits per heavy atom. The van der Waals surface area contributed by atoms with Gasteiger partial charge in [0.1, 0.15) is 0 Å². The molecule has 1 atom stereocenters. The smallest absolute Gasteiger partial charge is 0.222 e. The van der Waals surface area contributed by atoms with E-state index in [4.69, 9.17) is 15.2 Å². The molecule has 0 aromatic heterocycles. The number of carbonyl (C=O) groups excluding carboxylic acids is 1. The van der Waals surface area contributed by atoms with Crippen LogP contribution in [0, 0.1) is 5.92 Å². The van der Waals surface area contributed by atoms with Gasteiger partial charge in [0.05, 0.1) is 14.2 Å². The lowest BCUT2D eigenvalue weighted by atomic mass is 10.1. The fraction of sp³-hybridized carbons (Fsp3) is 0.533. The fourth-order valence-corrected chi connectivity index (χ4v) is 2.58. The van der Waals surface area contributed by atoms with Gasteiger partial charge in [-0.2, -0.15) is 0 Å². The number of ether oxygens (including phenoxy) is 2. The fourth-order valence-electron chi connectivity index (χ4n) is 2.58. The van der Waals surface area contributed by atoms with Gasteiger partial charge in [-0.1, -0.05) is 0 Å². The average Bonchev–Trinajstić information content (AvgIpc) is 2.86. The highest BCUT2D eigenvalue weighted by Gasteiger charge is 2.28. The summed E-state index contributed by atoms with van der Waals surface area (Å²) in [5.74, 6) is 1.16. The van der Waals surface area contributed by atoms with Gasteiger partial charge in [-0.25, -0.2) is 0 Å². The van der Waals surface area contributed by atoms with E-state index < -0.39 is 0 Å². The lowest BCUT2D eigenvalue weighted by Crippen LogP contribution is -2.28. The minimum Gasteiger partial charge on any atom is -0.502 e. The average molecular weight is 294 g/mol. The number of rotatable bonds is 6. The summed E-state index contributed by atoms with van der Waals surface area (Å²) in [4.78, 5) is 13.7. The molecule has 21 heavy (non-hydrogen) atoms.